The molecule has 7 atom stereocenters. The van der Waals surface area contributed by atoms with Crippen molar-refractivity contribution in [1.29, 1.82) is 0 Å². The lowest BCUT2D eigenvalue weighted by molar-refractivity contribution is -0.143. The number of halogens is 1. The van der Waals surface area contributed by atoms with E-state index in [1.54, 1.807) is 0 Å². The SMILES string of the molecule is CCN1C(=O)C=C[C@]2(C)[C@H]3CC[C@]4(C)[C@@H](C(=O)Nc5ccccc5Cl)CC[C@H]4[C@@H]3CC[C@@H]12. The lowest BCUT2D eigenvalue weighted by atomic mass is 9.47. The molecule has 4 nitrogen and oxygen atoms in total. The van der Waals surface area contributed by atoms with Crippen LogP contribution < -0.4 is 5.32 Å². The highest BCUT2D eigenvalue weighted by Crippen LogP contribution is 2.65. The molecule has 1 N–H and O–H groups in total. The van der Waals surface area contributed by atoms with E-state index in [-0.39, 0.29) is 28.6 Å². The summed E-state index contributed by atoms with van der Waals surface area (Å²) in [5.41, 5.74) is 0.796. The van der Waals surface area contributed by atoms with Gasteiger partial charge in [0.15, 0.2) is 0 Å². The van der Waals surface area contributed by atoms with Crippen molar-refractivity contribution in [3.63, 3.8) is 0 Å². The molecule has 5 heteroatoms. The molecule has 32 heavy (non-hydrogen) atoms. The standard InChI is InChI=1S/C27H35ClN2O2/c1-4-30-23-12-9-17-18-10-11-20(25(32)29-22-8-6-5-7-21(22)28)26(18,2)15-13-19(17)27(23,3)16-14-24(30)31/h5-8,14,16-20,23H,4,9-13,15H2,1-3H3,(H,29,32)/t17-,18-,19-,20+,23+,26-,27+/m0/s1. The number of likely N-dealkylation sites (N-methyl/N-ethyl adjacent to an activating group) is 1. The Hall–Kier alpha value is -1.81. The number of para-hydroxylation sites is 1. The van der Waals surface area contributed by atoms with Gasteiger partial charge in [0.2, 0.25) is 11.8 Å². The number of hydrogen-bond acceptors (Lipinski definition) is 2. The summed E-state index contributed by atoms with van der Waals surface area (Å²) >= 11 is 6.30. The van der Waals surface area contributed by atoms with E-state index in [1.165, 1.54) is 6.42 Å². The first-order valence-corrected chi connectivity index (χ1v) is 12.7. The number of hydrogen-bond donors (Lipinski definition) is 1. The van der Waals surface area contributed by atoms with Gasteiger partial charge in [-0.2, -0.15) is 0 Å². The van der Waals surface area contributed by atoms with Crippen molar-refractivity contribution in [2.45, 2.75) is 65.3 Å². The summed E-state index contributed by atoms with van der Waals surface area (Å²) in [6, 6.07) is 7.81. The average Bonchev–Trinajstić information content (AvgIpc) is 3.13. The van der Waals surface area contributed by atoms with E-state index in [2.05, 4.69) is 37.1 Å². The van der Waals surface area contributed by atoms with Gasteiger partial charge in [-0.1, -0.05) is 43.7 Å². The van der Waals surface area contributed by atoms with Gasteiger partial charge in [-0.15, -0.1) is 0 Å². The summed E-state index contributed by atoms with van der Waals surface area (Å²) in [6.45, 7) is 7.64. The second kappa shape index (κ2) is 7.90. The van der Waals surface area contributed by atoms with E-state index in [9.17, 15) is 9.59 Å². The fourth-order valence-electron chi connectivity index (χ4n) is 8.19. The molecular weight excluding hydrogens is 420 g/mol. The molecule has 2 amide bonds. The smallest absolute Gasteiger partial charge is 0.246 e. The number of fused-ring (bicyclic) bond motifs is 5. The van der Waals surface area contributed by atoms with Crippen LogP contribution in [0, 0.1) is 34.5 Å². The topological polar surface area (TPSA) is 49.4 Å². The van der Waals surface area contributed by atoms with Gasteiger partial charge in [-0.25, -0.2) is 0 Å². The Morgan fingerprint density at radius 2 is 1.91 bits per heavy atom. The summed E-state index contributed by atoms with van der Waals surface area (Å²) in [5, 5.41) is 3.72. The quantitative estimate of drug-likeness (QED) is 0.615. The Bertz CT molecular complexity index is 961. The van der Waals surface area contributed by atoms with Gasteiger partial charge in [0, 0.05) is 23.9 Å². The van der Waals surface area contributed by atoms with E-state index in [0.29, 0.717) is 34.5 Å². The largest absolute Gasteiger partial charge is 0.336 e. The molecule has 172 valence electrons. The number of rotatable bonds is 3. The molecule has 3 fully saturated rings. The Morgan fingerprint density at radius 3 is 2.66 bits per heavy atom. The van der Waals surface area contributed by atoms with Crippen molar-refractivity contribution in [1.82, 2.24) is 4.90 Å². The Balaban J connectivity index is 1.38. The molecule has 0 unspecified atom stereocenters. The first kappa shape index (κ1) is 22.0. The number of anilines is 1. The van der Waals surface area contributed by atoms with Gasteiger partial charge in [0.1, 0.15) is 0 Å². The minimum atomic E-state index is 0.0332. The highest BCUT2D eigenvalue weighted by Gasteiger charge is 2.61. The van der Waals surface area contributed by atoms with Crippen molar-refractivity contribution >= 4 is 29.1 Å². The van der Waals surface area contributed by atoms with Crippen LogP contribution in [0.2, 0.25) is 5.02 Å². The summed E-state index contributed by atoms with van der Waals surface area (Å²) in [7, 11) is 0. The number of carbonyl (C=O) groups excluding carboxylic acids is 2. The summed E-state index contributed by atoms with van der Waals surface area (Å²) < 4.78 is 0. The van der Waals surface area contributed by atoms with Crippen LogP contribution in [0.5, 0.6) is 0 Å². The predicted molar refractivity (Wildman–Crippen MR) is 128 cm³/mol. The summed E-state index contributed by atoms with van der Waals surface area (Å²) in [4.78, 5) is 28.0. The van der Waals surface area contributed by atoms with E-state index >= 15 is 0 Å². The van der Waals surface area contributed by atoms with Gasteiger partial charge >= 0.3 is 0 Å². The fourth-order valence-corrected chi connectivity index (χ4v) is 8.37. The molecule has 3 aliphatic carbocycles. The first-order valence-electron chi connectivity index (χ1n) is 12.3. The highest BCUT2D eigenvalue weighted by molar-refractivity contribution is 6.33. The zero-order valence-electron chi connectivity index (χ0n) is 19.4. The maximum atomic E-state index is 13.4. The molecule has 1 aromatic rings. The average molecular weight is 455 g/mol. The highest BCUT2D eigenvalue weighted by atomic mass is 35.5. The third-order valence-electron chi connectivity index (χ3n) is 9.76. The van der Waals surface area contributed by atoms with E-state index < -0.39 is 0 Å². The van der Waals surface area contributed by atoms with E-state index in [1.807, 2.05) is 30.3 Å². The summed E-state index contributed by atoms with van der Waals surface area (Å²) in [6.07, 6.45) is 10.6. The zero-order chi connectivity index (χ0) is 22.7. The van der Waals surface area contributed by atoms with Crippen LogP contribution in [0.1, 0.15) is 59.3 Å². The van der Waals surface area contributed by atoms with Crippen LogP contribution in [0.4, 0.5) is 5.69 Å². The molecule has 0 saturated heterocycles. The van der Waals surface area contributed by atoms with Gasteiger partial charge in [-0.05, 0) is 86.8 Å². The van der Waals surface area contributed by atoms with Crippen LogP contribution >= 0.6 is 11.6 Å². The maximum absolute atomic E-state index is 13.4. The molecule has 0 spiro atoms. The Labute approximate surface area is 196 Å². The number of amides is 2. The molecule has 4 aliphatic rings. The lowest BCUT2D eigenvalue weighted by Crippen LogP contribution is -2.60. The third kappa shape index (κ3) is 3.16. The molecule has 1 heterocycles. The first-order chi connectivity index (χ1) is 15.3. The van der Waals surface area contributed by atoms with Gasteiger partial charge in [0.25, 0.3) is 0 Å². The minimum Gasteiger partial charge on any atom is -0.336 e. The van der Waals surface area contributed by atoms with Gasteiger partial charge in [0.05, 0.1) is 10.7 Å². The molecular formula is C27H35ClN2O2. The van der Waals surface area contributed by atoms with E-state index in [0.717, 1.165) is 38.6 Å². The molecule has 1 aliphatic heterocycles. The monoisotopic (exact) mass is 454 g/mol. The molecule has 0 aromatic heterocycles. The van der Waals surface area contributed by atoms with Gasteiger partial charge in [-0.3, -0.25) is 9.59 Å². The fraction of sp³-hybridized carbons (Fsp3) is 0.630. The van der Waals surface area contributed by atoms with E-state index in [4.69, 9.17) is 11.6 Å². The van der Waals surface area contributed by atoms with Crippen LogP contribution in [0.3, 0.4) is 0 Å². The molecule has 0 radical (unpaired) electrons. The zero-order valence-corrected chi connectivity index (χ0v) is 20.2. The van der Waals surface area contributed by atoms with Crippen molar-refractivity contribution in [3.8, 4) is 0 Å². The number of benzene rings is 1. The number of carbonyl (C=O) groups is 2. The number of nitrogens with zero attached hydrogens (tertiary/aromatic N) is 1. The molecule has 0 bridgehead atoms. The van der Waals surface area contributed by atoms with Crippen molar-refractivity contribution in [2.75, 3.05) is 11.9 Å². The van der Waals surface area contributed by atoms with Gasteiger partial charge < -0.3 is 10.2 Å². The normalized spacial score (nSPS) is 40.4. The Kier molecular flexibility index (Phi) is 5.43. The second-order valence-electron chi connectivity index (χ2n) is 10.9. The summed E-state index contributed by atoms with van der Waals surface area (Å²) in [5.74, 6) is 2.12. The van der Waals surface area contributed by atoms with Crippen LogP contribution in [-0.2, 0) is 9.59 Å². The van der Waals surface area contributed by atoms with Crippen LogP contribution in [0.25, 0.3) is 0 Å². The predicted octanol–water partition coefficient (Wildman–Crippen LogP) is 5.92. The molecule has 5 rings (SSSR count). The maximum Gasteiger partial charge on any atom is 0.246 e. The molecule has 1 aromatic carbocycles. The van der Waals surface area contributed by atoms with Crippen molar-refractivity contribution < 1.29 is 9.59 Å². The molecule has 3 saturated carbocycles. The Morgan fingerprint density at radius 1 is 1.12 bits per heavy atom. The van der Waals surface area contributed by atoms with Crippen molar-refractivity contribution in [2.24, 2.45) is 34.5 Å². The second-order valence-corrected chi connectivity index (χ2v) is 11.3. The van der Waals surface area contributed by atoms with Crippen molar-refractivity contribution in [3.05, 3.63) is 41.4 Å². The third-order valence-corrected chi connectivity index (χ3v) is 10.1. The lowest BCUT2D eigenvalue weighted by Gasteiger charge is -2.60. The minimum absolute atomic E-state index is 0.0332. The van der Waals surface area contributed by atoms with Crippen LogP contribution in [-0.4, -0.2) is 29.3 Å². The van der Waals surface area contributed by atoms with Crippen LogP contribution in [0.15, 0.2) is 36.4 Å². The number of nitrogens with one attached hydrogen (secondary N) is 1.